The van der Waals surface area contributed by atoms with Crippen molar-refractivity contribution >= 4 is 35.1 Å². The van der Waals surface area contributed by atoms with Gasteiger partial charge < -0.3 is 10.2 Å². The summed E-state index contributed by atoms with van der Waals surface area (Å²) in [6, 6.07) is 10.1. The van der Waals surface area contributed by atoms with Gasteiger partial charge in [-0.3, -0.25) is 9.98 Å². The molecule has 36 heavy (non-hydrogen) atoms. The van der Waals surface area contributed by atoms with E-state index in [1.165, 1.54) is 16.7 Å². The van der Waals surface area contributed by atoms with Gasteiger partial charge >= 0.3 is 16.5 Å². The number of benzene rings is 2. The van der Waals surface area contributed by atoms with E-state index in [4.69, 9.17) is 23.2 Å². The zero-order chi connectivity index (χ0) is 26.7. The van der Waals surface area contributed by atoms with Gasteiger partial charge in [0.2, 0.25) is 0 Å². The van der Waals surface area contributed by atoms with Gasteiger partial charge in [-0.1, -0.05) is 88.5 Å². The number of aryl methyl sites for hydroxylation is 3. The Hall–Kier alpha value is -2.07. The maximum atomic E-state index is 12.2. The van der Waals surface area contributed by atoms with Crippen LogP contribution in [0.4, 0.5) is 5.69 Å². The number of rotatable bonds is 2. The van der Waals surface area contributed by atoms with Crippen LogP contribution < -0.4 is 10.2 Å². The number of hydrogen-bond donors (Lipinski definition) is 0. The smallest absolute Gasteiger partial charge is 0.873 e. The van der Waals surface area contributed by atoms with E-state index in [0.717, 1.165) is 11.4 Å². The van der Waals surface area contributed by atoms with Crippen LogP contribution in [0.25, 0.3) is 0 Å². The Balaban J connectivity index is 0.000000351. The van der Waals surface area contributed by atoms with Gasteiger partial charge in [-0.25, -0.2) is 0 Å². The Kier molecular flexibility index (Phi) is 11.1. The number of halogens is 2. The SMILES string of the molecule is CC(C)(C)c1c([O-])c([O-])c(C(C)(C)C)c(Cl)c1Cl.Cc1cc(C)c(N=Cc2ccccn2)c(C)c1.[Ni+2]. The van der Waals surface area contributed by atoms with E-state index in [1.807, 2.05) is 66.0 Å². The average Bonchev–Trinajstić information content (AvgIpc) is 2.71. The molecule has 0 N–H and O–H groups in total. The summed E-state index contributed by atoms with van der Waals surface area (Å²) in [7, 11) is 0. The van der Waals surface area contributed by atoms with Crippen LogP contribution in [0.15, 0.2) is 41.5 Å². The molecule has 0 spiro atoms. The molecule has 3 rings (SSSR count). The van der Waals surface area contributed by atoms with E-state index in [-0.39, 0.29) is 26.5 Å². The van der Waals surface area contributed by atoms with Gasteiger partial charge in [-0.2, -0.15) is 0 Å². The molecule has 0 bridgehead atoms. The van der Waals surface area contributed by atoms with Crippen molar-refractivity contribution in [3.8, 4) is 11.5 Å². The molecule has 0 unspecified atom stereocenters. The molecule has 0 amide bonds. The molecular weight excluding hydrogens is 538 g/mol. The van der Waals surface area contributed by atoms with Gasteiger partial charge in [0, 0.05) is 6.20 Å². The summed E-state index contributed by atoms with van der Waals surface area (Å²) in [5.41, 5.74) is 5.19. The first kappa shape index (κ1) is 32.0. The van der Waals surface area contributed by atoms with E-state index in [9.17, 15) is 10.2 Å². The molecule has 1 aromatic heterocycles. The Morgan fingerprint density at radius 1 is 0.806 bits per heavy atom. The Labute approximate surface area is 235 Å². The molecule has 0 fully saturated rings. The fourth-order valence-corrected chi connectivity index (χ4v) is 4.87. The van der Waals surface area contributed by atoms with Crippen LogP contribution in [0.1, 0.15) is 75.1 Å². The van der Waals surface area contributed by atoms with Crippen molar-refractivity contribution in [2.75, 3.05) is 0 Å². The predicted molar refractivity (Wildman–Crippen MR) is 145 cm³/mol. The molecule has 0 radical (unpaired) electrons. The van der Waals surface area contributed by atoms with Crippen LogP contribution in [0.3, 0.4) is 0 Å². The third kappa shape index (κ3) is 7.72. The quantitative estimate of drug-likeness (QED) is 0.236. The first-order valence-corrected chi connectivity index (χ1v) is 12.2. The molecule has 1 heterocycles. The van der Waals surface area contributed by atoms with Crippen LogP contribution in [-0.4, -0.2) is 11.2 Å². The maximum absolute atomic E-state index is 12.2. The second kappa shape index (κ2) is 12.5. The normalized spacial score (nSPS) is 11.6. The van der Waals surface area contributed by atoms with Crippen molar-refractivity contribution in [1.29, 1.82) is 0 Å². The second-order valence-electron chi connectivity index (χ2n) is 10.8. The summed E-state index contributed by atoms with van der Waals surface area (Å²) < 4.78 is 0. The Morgan fingerprint density at radius 3 is 1.61 bits per heavy atom. The fraction of sp³-hybridized carbons (Fsp3) is 0.379. The number of aliphatic imine (C=N–C) groups is 1. The van der Waals surface area contributed by atoms with Gasteiger partial charge in [-0.05, 0) is 66.0 Å². The minimum atomic E-state index is -0.540. The Morgan fingerprint density at radius 2 is 1.25 bits per heavy atom. The summed E-state index contributed by atoms with van der Waals surface area (Å²) in [6.07, 6.45) is 3.58. The molecule has 0 aliphatic rings. The number of nitrogens with zero attached hydrogens (tertiary/aromatic N) is 2. The van der Waals surface area contributed by atoms with Gasteiger partial charge in [0.1, 0.15) is 0 Å². The molecular formula is C29H34Cl2N2NiO2. The number of aromatic nitrogens is 1. The van der Waals surface area contributed by atoms with Gasteiger partial charge in [0.25, 0.3) is 0 Å². The molecule has 196 valence electrons. The number of pyridine rings is 1. The molecule has 4 nitrogen and oxygen atoms in total. The van der Waals surface area contributed by atoms with Gasteiger partial charge in [0.05, 0.1) is 27.6 Å². The van der Waals surface area contributed by atoms with Crippen molar-refractivity contribution in [3.63, 3.8) is 0 Å². The van der Waals surface area contributed by atoms with Crippen molar-refractivity contribution in [2.24, 2.45) is 4.99 Å². The summed E-state index contributed by atoms with van der Waals surface area (Å²) >= 11 is 12.4. The van der Waals surface area contributed by atoms with E-state index in [0.29, 0.717) is 11.1 Å². The molecule has 2 aromatic carbocycles. The predicted octanol–water partition coefficient (Wildman–Crippen LogP) is 7.49. The van der Waals surface area contributed by atoms with Crippen LogP contribution >= 0.6 is 23.2 Å². The van der Waals surface area contributed by atoms with Crippen molar-refractivity contribution in [2.45, 2.75) is 73.1 Å². The number of hydrogen-bond acceptors (Lipinski definition) is 4. The van der Waals surface area contributed by atoms with Crippen LogP contribution in [0, 0.1) is 20.8 Å². The largest absolute Gasteiger partial charge is 2.00 e. The van der Waals surface area contributed by atoms with E-state index >= 15 is 0 Å². The van der Waals surface area contributed by atoms with Crippen LogP contribution in [0.5, 0.6) is 11.5 Å². The Bertz CT molecular complexity index is 1130. The molecule has 0 saturated heterocycles. The minimum absolute atomic E-state index is 0. The molecule has 3 aromatic rings. The zero-order valence-corrected chi connectivity index (χ0v) is 24.8. The van der Waals surface area contributed by atoms with Crippen LogP contribution in [-0.2, 0) is 27.3 Å². The summed E-state index contributed by atoms with van der Waals surface area (Å²) in [5.74, 6) is -1.08. The molecule has 0 saturated carbocycles. The van der Waals surface area contributed by atoms with Gasteiger partial charge in [0.15, 0.2) is 0 Å². The first-order chi connectivity index (χ1) is 16.1. The summed E-state index contributed by atoms with van der Waals surface area (Å²) in [5, 5.41) is 24.8. The van der Waals surface area contributed by atoms with Gasteiger partial charge in [-0.15, -0.1) is 11.5 Å². The van der Waals surface area contributed by atoms with Crippen molar-refractivity contribution in [3.05, 3.63) is 80.1 Å². The molecule has 7 heteroatoms. The third-order valence-electron chi connectivity index (χ3n) is 5.44. The van der Waals surface area contributed by atoms with E-state index in [2.05, 4.69) is 42.9 Å². The van der Waals surface area contributed by atoms with E-state index < -0.39 is 22.3 Å². The van der Waals surface area contributed by atoms with Crippen LogP contribution in [0.2, 0.25) is 10.0 Å². The summed E-state index contributed by atoms with van der Waals surface area (Å²) in [4.78, 5) is 8.75. The topological polar surface area (TPSA) is 71.4 Å². The third-order valence-corrected chi connectivity index (χ3v) is 6.29. The maximum Gasteiger partial charge on any atom is 2.00 e. The summed E-state index contributed by atoms with van der Waals surface area (Å²) in [6.45, 7) is 17.3. The fourth-order valence-electron chi connectivity index (χ4n) is 3.94. The van der Waals surface area contributed by atoms with Crippen molar-refractivity contribution in [1.82, 2.24) is 4.98 Å². The van der Waals surface area contributed by atoms with E-state index in [1.54, 1.807) is 6.20 Å². The zero-order valence-electron chi connectivity index (χ0n) is 22.3. The second-order valence-corrected chi connectivity index (χ2v) is 11.6. The molecule has 0 aliphatic heterocycles. The average molecular weight is 572 g/mol. The molecule has 0 aliphatic carbocycles. The van der Waals surface area contributed by atoms with Crippen molar-refractivity contribution < 1.29 is 26.7 Å². The monoisotopic (exact) mass is 570 g/mol. The first-order valence-electron chi connectivity index (χ1n) is 11.5. The molecule has 0 atom stereocenters. The minimum Gasteiger partial charge on any atom is -0.873 e. The standard InChI is InChI=1S/C15H16N2.C14H20Cl2O2.Ni/c1-11-8-12(2)15(13(3)9-11)17-10-14-6-4-5-7-16-14;1-13(2,3)7-9(15)10(16)8(14(4,5)6)12(18)11(7)17;/h4-10H,1-3H3;17-18H,1-6H3;/q;;+2/p-2.